The van der Waals surface area contributed by atoms with Crippen LogP contribution in [0.25, 0.3) is 6.08 Å². The molecule has 0 bridgehead atoms. The van der Waals surface area contributed by atoms with Crippen LogP contribution >= 0.6 is 0 Å². The van der Waals surface area contributed by atoms with Crippen molar-refractivity contribution in [3.8, 4) is 0 Å². The minimum Gasteiger partial charge on any atom is -0.305 e. The van der Waals surface area contributed by atoms with Crippen molar-refractivity contribution in [3.63, 3.8) is 0 Å². The van der Waals surface area contributed by atoms with E-state index in [1.807, 2.05) is 55.5 Å². The molecule has 1 N–H and O–H groups in total. The number of aryl methyl sites for hydroxylation is 3. The molecule has 0 radical (unpaired) electrons. The number of hydrogen-bond acceptors (Lipinski definition) is 2. The van der Waals surface area contributed by atoms with Crippen LogP contribution in [0.4, 0.5) is 0 Å². The molecule has 1 amide bonds. The maximum Gasteiger partial charge on any atom is 0.275 e. The van der Waals surface area contributed by atoms with Gasteiger partial charge in [-0.15, -0.1) is 0 Å². The predicted molar refractivity (Wildman–Crippen MR) is 89.8 cm³/mol. The zero-order valence-corrected chi connectivity index (χ0v) is 13.0. The third kappa shape index (κ3) is 2.84. The van der Waals surface area contributed by atoms with Crippen LogP contribution in [0.3, 0.4) is 0 Å². The minimum atomic E-state index is -0.159. The summed E-state index contributed by atoms with van der Waals surface area (Å²) < 4.78 is 0. The van der Waals surface area contributed by atoms with E-state index in [1.54, 1.807) is 0 Å². The zero-order valence-electron chi connectivity index (χ0n) is 13.0. The number of rotatable bonds is 2. The molecule has 2 aromatic rings. The Morgan fingerprint density at radius 2 is 1.68 bits per heavy atom. The Bertz CT molecular complexity index is 799. The van der Waals surface area contributed by atoms with E-state index in [9.17, 15) is 4.79 Å². The predicted octanol–water partition coefficient (Wildman–Crippen LogP) is 3.53. The van der Waals surface area contributed by atoms with Crippen molar-refractivity contribution < 1.29 is 4.79 Å². The molecule has 0 saturated heterocycles. The quantitative estimate of drug-likeness (QED) is 0.845. The Morgan fingerprint density at radius 3 is 2.36 bits per heavy atom. The van der Waals surface area contributed by atoms with Crippen LogP contribution in [-0.4, -0.2) is 11.7 Å². The van der Waals surface area contributed by atoms with Crippen molar-refractivity contribution in [3.05, 3.63) is 76.0 Å². The summed E-state index contributed by atoms with van der Waals surface area (Å²) in [5, 5.41) is 2.84. The van der Waals surface area contributed by atoms with Gasteiger partial charge in [0.05, 0.1) is 0 Å². The summed E-state index contributed by atoms with van der Waals surface area (Å²) in [7, 11) is 0. The van der Waals surface area contributed by atoms with Crippen molar-refractivity contribution >= 4 is 17.8 Å². The van der Waals surface area contributed by atoms with E-state index in [0.29, 0.717) is 11.5 Å². The fourth-order valence-corrected chi connectivity index (χ4v) is 2.31. The summed E-state index contributed by atoms with van der Waals surface area (Å²) >= 11 is 0. The summed E-state index contributed by atoms with van der Waals surface area (Å²) in [6, 6.07) is 14.1. The van der Waals surface area contributed by atoms with Gasteiger partial charge in [-0.1, -0.05) is 42.0 Å². The first-order valence-corrected chi connectivity index (χ1v) is 7.29. The zero-order chi connectivity index (χ0) is 15.7. The number of amides is 1. The van der Waals surface area contributed by atoms with E-state index in [2.05, 4.69) is 24.2 Å². The molecule has 0 aliphatic carbocycles. The van der Waals surface area contributed by atoms with Gasteiger partial charge in [-0.25, -0.2) is 4.99 Å². The number of carbonyl (C=O) groups excluding carboxylic acids is 1. The average Bonchev–Trinajstić information content (AvgIpc) is 2.85. The smallest absolute Gasteiger partial charge is 0.275 e. The van der Waals surface area contributed by atoms with Crippen LogP contribution in [0.1, 0.15) is 27.8 Å². The Kier molecular flexibility index (Phi) is 3.63. The van der Waals surface area contributed by atoms with Gasteiger partial charge in [0.1, 0.15) is 11.5 Å². The number of nitrogens with zero attached hydrogens (tertiary/aromatic N) is 1. The summed E-state index contributed by atoms with van der Waals surface area (Å²) in [6.07, 6.45) is 1.81. The van der Waals surface area contributed by atoms with Gasteiger partial charge in [-0.2, -0.15) is 0 Å². The average molecular weight is 290 g/mol. The second-order valence-electron chi connectivity index (χ2n) is 5.65. The lowest BCUT2D eigenvalue weighted by Gasteiger charge is -2.04. The van der Waals surface area contributed by atoms with Crippen LogP contribution in [0.2, 0.25) is 0 Å². The van der Waals surface area contributed by atoms with Gasteiger partial charge in [0.25, 0.3) is 5.91 Å². The largest absolute Gasteiger partial charge is 0.305 e. The Balaban J connectivity index is 1.94. The second-order valence-corrected chi connectivity index (χ2v) is 5.65. The molecule has 0 saturated carbocycles. The lowest BCUT2D eigenvalue weighted by Crippen LogP contribution is -2.24. The number of benzene rings is 2. The fraction of sp³-hybridized carbons (Fsp3) is 0.158. The second kappa shape index (κ2) is 5.60. The van der Waals surface area contributed by atoms with Gasteiger partial charge < -0.3 is 5.32 Å². The molecule has 1 heterocycles. The van der Waals surface area contributed by atoms with Crippen molar-refractivity contribution in [2.45, 2.75) is 20.8 Å². The Morgan fingerprint density at radius 1 is 0.955 bits per heavy atom. The molecule has 0 atom stereocenters. The summed E-state index contributed by atoms with van der Waals surface area (Å²) in [4.78, 5) is 16.5. The number of aliphatic imine (C=N–C) groups is 1. The first kappa shape index (κ1) is 14.3. The molecule has 2 aromatic carbocycles. The Hall–Kier alpha value is -2.68. The highest BCUT2D eigenvalue weighted by Crippen LogP contribution is 2.17. The monoisotopic (exact) mass is 290 g/mol. The highest BCUT2D eigenvalue weighted by atomic mass is 16.2. The van der Waals surface area contributed by atoms with Gasteiger partial charge in [-0.3, -0.25) is 4.79 Å². The van der Waals surface area contributed by atoms with Crippen LogP contribution in [-0.2, 0) is 4.79 Å². The molecule has 3 rings (SSSR count). The van der Waals surface area contributed by atoms with Gasteiger partial charge >= 0.3 is 0 Å². The summed E-state index contributed by atoms with van der Waals surface area (Å²) in [5.41, 5.74) is 5.95. The lowest BCUT2D eigenvalue weighted by molar-refractivity contribution is -0.115. The molecular weight excluding hydrogens is 272 g/mol. The van der Waals surface area contributed by atoms with Gasteiger partial charge in [0.2, 0.25) is 0 Å². The van der Waals surface area contributed by atoms with Crippen molar-refractivity contribution in [1.82, 2.24) is 5.32 Å². The maximum atomic E-state index is 12.1. The highest BCUT2D eigenvalue weighted by molar-refractivity contribution is 6.19. The van der Waals surface area contributed by atoms with E-state index in [1.165, 1.54) is 16.7 Å². The molecule has 22 heavy (non-hydrogen) atoms. The molecule has 0 fully saturated rings. The lowest BCUT2D eigenvalue weighted by atomic mass is 10.1. The van der Waals surface area contributed by atoms with E-state index < -0.39 is 0 Å². The first-order chi connectivity index (χ1) is 10.5. The van der Waals surface area contributed by atoms with Crippen LogP contribution in [0, 0.1) is 20.8 Å². The Labute approximate surface area is 130 Å². The number of amidine groups is 1. The normalized spacial score (nSPS) is 15.9. The maximum absolute atomic E-state index is 12.1. The summed E-state index contributed by atoms with van der Waals surface area (Å²) in [6.45, 7) is 6.16. The van der Waals surface area contributed by atoms with Gasteiger partial charge in [0.15, 0.2) is 0 Å². The molecule has 0 unspecified atom stereocenters. The van der Waals surface area contributed by atoms with E-state index >= 15 is 0 Å². The minimum absolute atomic E-state index is 0.159. The van der Waals surface area contributed by atoms with E-state index in [-0.39, 0.29) is 5.91 Å². The van der Waals surface area contributed by atoms with E-state index in [0.717, 1.165) is 11.1 Å². The molecule has 1 aliphatic heterocycles. The molecule has 110 valence electrons. The van der Waals surface area contributed by atoms with Gasteiger partial charge in [-0.05, 0) is 49.6 Å². The van der Waals surface area contributed by atoms with Crippen LogP contribution in [0.15, 0.2) is 53.2 Å². The third-order valence-electron chi connectivity index (χ3n) is 3.86. The van der Waals surface area contributed by atoms with Crippen molar-refractivity contribution in [2.75, 3.05) is 0 Å². The van der Waals surface area contributed by atoms with Gasteiger partial charge in [0, 0.05) is 5.56 Å². The number of hydrogen-bond donors (Lipinski definition) is 1. The SMILES string of the molecule is Cc1ccc(/C=C2/N=C(c3ccc(C)c(C)c3)NC2=O)cc1. The number of carbonyl (C=O) groups is 1. The van der Waals surface area contributed by atoms with Crippen molar-refractivity contribution in [2.24, 2.45) is 4.99 Å². The topological polar surface area (TPSA) is 41.5 Å². The van der Waals surface area contributed by atoms with Crippen LogP contribution < -0.4 is 5.32 Å². The summed E-state index contributed by atoms with van der Waals surface area (Å²) in [5.74, 6) is 0.459. The number of nitrogens with one attached hydrogen (secondary N) is 1. The molecule has 0 aromatic heterocycles. The van der Waals surface area contributed by atoms with Crippen LogP contribution in [0.5, 0.6) is 0 Å². The van der Waals surface area contributed by atoms with Crippen molar-refractivity contribution in [1.29, 1.82) is 0 Å². The molecule has 3 nitrogen and oxygen atoms in total. The molecule has 3 heteroatoms. The standard InChI is InChI=1S/C19H18N2O/c1-12-4-7-15(8-5-12)11-17-19(22)21-18(20-17)16-9-6-13(2)14(3)10-16/h4-11H,1-3H3,(H,20,21,22)/b17-11+. The molecule has 0 spiro atoms. The highest BCUT2D eigenvalue weighted by Gasteiger charge is 2.21. The molecule has 1 aliphatic rings. The molecular formula is C19H18N2O. The van der Waals surface area contributed by atoms with E-state index in [4.69, 9.17) is 0 Å². The fourth-order valence-electron chi connectivity index (χ4n) is 2.31. The third-order valence-corrected chi connectivity index (χ3v) is 3.86. The first-order valence-electron chi connectivity index (χ1n) is 7.29.